The Bertz CT molecular complexity index is 486. The molecule has 24 heavy (non-hydrogen) atoms. The number of carbonyl (C=O) groups excluding carboxylic acids is 4. The molecular weight excluding hydrogens is 334 g/mol. The molecule has 9 heteroatoms. The first-order valence-electron chi connectivity index (χ1n) is 8.12. The van der Waals surface area contributed by atoms with Crippen LogP contribution in [0.2, 0.25) is 0 Å². The highest BCUT2D eigenvalue weighted by molar-refractivity contribution is 8.00. The molecule has 3 atom stereocenters. The molecule has 2 saturated heterocycles. The maximum Gasteiger partial charge on any atom is 0.333 e. The molecule has 0 bridgehead atoms. The fourth-order valence-electron chi connectivity index (χ4n) is 2.94. The third-order valence-corrected chi connectivity index (χ3v) is 5.78. The molecule has 2 aliphatic rings. The van der Waals surface area contributed by atoms with E-state index < -0.39 is 17.8 Å². The first kappa shape index (κ1) is 18.7. The number of hydroxylamine groups is 2. The van der Waals surface area contributed by atoms with Crippen LogP contribution in [-0.4, -0.2) is 59.4 Å². The van der Waals surface area contributed by atoms with Crippen molar-refractivity contribution in [2.45, 2.75) is 55.9 Å². The lowest BCUT2D eigenvalue weighted by molar-refractivity contribution is -0.197. The summed E-state index contributed by atoms with van der Waals surface area (Å²) in [5.41, 5.74) is 0. The van der Waals surface area contributed by atoms with Crippen LogP contribution in [0.15, 0.2) is 0 Å². The van der Waals surface area contributed by atoms with Gasteiger partial charge in [-0.15, -0.1) is 5.06 Å². The maximum atomic E-state index is 11.7. The zero-order valence-corrected chi connectivity index (χ0v) is 14.5. The second-order valence-electron chi connectivity index (χ2n) is 5.87. The minimum Gasteiger partial charge on any atom is -0.353 e. The van der Waals surface area contributed by atoms with Crippen molar-refractivity contribution >= 4 is 36.0 Å². The predicted octanol–water partition coefficient (Wildman–Crippen LogP) is -0.0280. The third-order valence-electron chi connectivity index (χ3n) is 4.27. The molecule has 134 valence electrons. The zero-order chi connectivity index (χ0) is 17.5. The molecule has 0 aliphatic carbocycles. The summed E-state index contributed by atoms with van der Waals surface area (Å²) < 4.78 is 0. The summed E-state index contributed by atoms with van der Waals surface area (Å²) in [6.07, 6.45) is 3.39. The molecule has 0 aromatic heterocycles. The van der Waals surface area contributed by atoms with Crippen LogP contribution in [0.4, 0.5) is 0 Å². The van der Waals surface area contributed by atoms with E-state index in [9.17, 15) is 19.2 Å². The topological polar surface area (TPSA) is 105 Å². The van der Waals surface area contributed by atoms with Crippen LogP contribution in [0.25, 0.3) is 0 Å². The minimum absolute atomic E-state index is 0.0873. The number of amides is 3. The van der Waals surface area contributed by atoms with E-state index in [2.05, 4.69) is 10.6 Å². The number of hydrogen-bond acceptors (Lipinski definition) is 7. The van der Waals surface area contributed by atoms with Gasteiger partial charge in [-0.25, -0.2) is 4.79 Å². The van der Waals surface area contributed by atoms with Crippen molar-refractivity contribution in [3.63, 3.8) is 0 Å². The van der Waals surface area contributed by atoms with Crippen molar-refractivity contribution in [1.29, 1.82) is 0 Å². The zero-order valence-electron chi connectivity index (χ0n) is 13.7. The van der Waals surface area contributed by atoms with Crippen molar-refractivity contribution in [2.24, 2.45) is 0 Å². The number of hydrogen-bond donors (Lipinski definition) is 2. The Labute approximate surface area is 145 Å². The molecule has 2 N–H and O–H groups in total. The van der Waals surface area contributed by atoms with Crippen LogP contribution in [0, 0.1) is 0 Å². The Morgan fingerprint density at radius 2 is 2.04 bits per heavy atom. The second kappa shape index (κ2) is 9.03. The summed E-state index contributed by atoms with van der Waals surface area (Å²) in [5.74, 6) is -0.546. The Kier molecular flexibility index (Phi) is 7.04. The van der Waals surface area contributed by atoms with E-state index in [1.165, 1.54) is 0 Å². The van der Waals surface area contributed by atoms with Crippen LogP contribution in [0.3, 0.4) is 0 Å². The van der Waals surface area contributed by atoms with E-state index in [1.54, 1.807) is 0 Å². The number of nitrogens with zero attached hydrogens (tertiary/aromatic N) is 1. The van der Waals surface area contributed by atoms with E-state index in [0.29, 0.717) is 16.7 Å². The lowest BCUT2D eigenvalue weighted by Gasteiger charge is -2.22. The van der Waals surface area contributed by atoms with Crippen LogP contribution in [0.1, 0.15) is 38.5 Å². The molecular formula is C15H23N3O5S. The van der Waals surface area contributed by atoms with Gasteiger partial charge < -0.3 is 15.5 Å². The quantitative estimate of drug-likeness (QED) is 0.339. The molecule has 2 rings (SSSR count). The average Bonchev–Trinajstić information content (AvgIpc) is 3.10. The highest BCUT2D eigenvalue weighted by Gasteiger charge is 2.35. The molecule has 2 fully saturated rings. The normalized spacial score (nSPS) is 26.7. The molecule has 0 spiro atoms. The first-order valence-corrected chi connectivity index (χ1v) is 9.16. The summed E-state index contributed by atoms with van der Waals surface area (Å²) >= 11 is 1.81. The van der Waals surface area contributed by atoms with E-state index in [4.69, 9.17) is 4.84 Å². The van der Waals surface area contributed by atoms with E-state index in [0.717, 1.165) is 25.0 Å². The van der Waals surface area contributed by atoms with Gasteiger partial charge in [0.1, 0.15) is 0 Å². The fourth-order valence-corrected chi connectivity index (χ4v) is 4.58. The minimum atomic E-state index is -0.562. The Hall–Kier alpha value is -1.61. The largest absolute Gasteiger partial charge is 0.353 e. The Morgan fingerprint density at radius 1 is 1.33 bits per heavy atom. The molecule has 0 radical (unpaired) electrons. The Morgan fingerprint density at radius 3 is 2.67 bits per heavy atom. The van der Waals surface area contributed by atoms with E-state index in [-0.39, 0.29) is 31.3 Å². The second-order valence-corrected chi connectivity index (χ2v) is 7.14. The van der Waals surface area contributed by atoms with Gasteiger partial charge in [0.2, 0.25) is 6.41 Å². The van der Waals surface area contributed by atoms with Crippen LogP contribution >= 0.6 is 11.8 Å². The fraction of sp³-hybridized carbons (Fsp3) is 0.733. The van der Waals surface area contributed by atoms with Crippen LogP contribution in [0.5, 0.6) is 0 Å². The van der Waals surface area contributed by atoms with Gasteiger partial charge in [-0.2, -0.15) is 11.8 Å². The highest BCUT2D eigenvalue weighted by Crippen LogP contribution is 2.31. The number of nitrogens with one attached hydrogen (secondary N) is 2. The third kappa shape index (κ3) is 4.70. The average molecular weight is 357 g/mol. The van der Waals surface area contributed by atoms with Gasteiger partial charge in [0.15, 0.2) is 0 Å². The van der Waals surface area contributed by atoms with E-state index >= 15 is 0 Å². The molecule has 2 heterocycles. The van der Waals surface area contributed by atoms with Crippen molar-refractivity contribution in [2.75, 3.05) is 12.8 Å². The van der Waals surface area contributed by atoms with Gasteiger partial charge in [-0.3, -0.25) is 14.4 Å². The van der Waals surface area contributed by atoms with Gasteiger partial charge in [-0.05, 0) is 19.9 Å². The molecule has 2 aliphatic heterocycles. The van der Waals surface area contributed by atoms with Crippen molar-refractivity contribution in [3.05, 3.63) is 0 Å². The smallest absolute Gasteiger partial charge is 0.333 e. The van der Waals surface area contributed by atoms with Gasteiger partial charge in [-0.1, -0.05) is 6.42 Å². The molecule has 0 saturated carbocycles. The van der Waals surface area contributed by atoms with Crippen LogP contribution in [-0.2, 0) is 24.0 Å². The summed E-state index contributed by atoms with van der Waals surface area (Å²) in [5, 5.41) is 6.96. The van der Waals surface area contributed by atoms with Gasteiger partial charge in [0, 0.05) is 36.3 Å². The lowest BCUT2D eigenvalue weighted by atomic mass is 10.0. The summed E-state index contributed by atoms with van der Waals surface area (Å²) in [6.45, 7) is 0. The summed E-state index contributed by atoms with van der Waals surface area (Å²) in [4.78, 5) is 50.0. The van der Waals surface area contributed by atoms with E-state index in [1.807, 2.05) is 18.8 Å². The molecule has 0 aromatic carbocycles. The number of carbonyl (C=O) groups is 4. The summed E-state index contributed by atoms with van der Waals surface area (Å²) in [6, 6.07) is 0.339. The van der Waals surface area contributed by atoms with Crippen molar-refractivity contribution < 1.29 is 24.0 Å². The highest BCUT2D eigenvalue weighted by atomic mass is 32.2. The lowest BCUT2D eigenvalue weighted by Crippen LogP contribution is -2.48. The predicted molar refractivity (Wildman–Crippen MR) is 87.7 cm³/mol. The monoisotopic (exact) mass is 357 g/mol. The number of imide groups is 1. The maximum absolute atomic E-state index is 11.7. The van der Waals surface area contributed by atoms with Crippen molar-refractivity contribution in [1.82, 2.24) is 15.7 Å². The SMILES string of the molecule is CNC1CSC(CCCCC(=O)ON2C(=O)CCC2=O)C1NC=O. The first-order chi connectivity index (χ1) is 11.6. The van der Waals surface area contributed by atoms with Gasteiger partial charge >= 0.3 is 5.97 Å². The van der Waals surface area contributed by atoms with Crippen LogP contribution < -0.4 is 10.6 Å². The standard InChI is InChI=1S/C15H23N3O5S/c1-16-10-8-24-11(15(10)17-9-19)4-2-3-5-14(22)23-18-12(20)6-7-13(18)21/h9-11,15-16H,2-8H2,1H3,(H,17,19). The van der Waals surface area contributed by atoms with Gasteiger partial charge in [0.25, 0.3) is 11.8 Å². The number of rotatable bonds is 9. The summed E-state index contributed by atoms with van der Waals surface area (Å²) in [7, 11) is 1.88. The van der Waals surface area contributed by atoms with Gasteiger partial charge in [0.05, 0.1) is 6.04 Å². The number of unbranched alkanes of at least 4 members (excludes halogenated alkanes) is 1. The molecule has 3 unspecified atom stereocenters. The number of thioether (sulfide) groups is 1. The Balaban J connectivity index is 1.67. The molecule has 8 nitrogen and oxygen atoms in total. The molecule has 0 aromatic rings. The van der Waals surface area contributed by atoms with Crippen molar-refractivity contribution in [3.8, 4) is 0 Å². The molecule has 3 amide bonds. The number of likely N-dealkylation sites (N-methyl/N-ethyl adjacent to an activating group) is 1.